The number of nitrogens with one attached hydrogen (secondary N) is 1. The zero-order valence-corrected chi connectivity index (χ0v) is 13.9. The summed E-state index contributed by atoms with van der Waals surface area (Å²) >= 11 is 0. The van der Waals surface area contributed by atoms with E-state index in [-0.39, 0.29) is 11.9 Å². The van der Waals surface area contributed by atoms with Gasteiger partial charge in [-0.3, -0.25) is 19.7 Å². The predicted molar refractivity (Wildman–Crippen MR) is 90.5 cm³/mol. The van der Waals surface area contributed by atoms with Gasteiger partial charge in [0.15, 0.2) is 0 Å². The Labute approximate surface area is 137 Å². The fraction of sp³-hybridized carbons (Fsp3) is 0.389. The third-order valence-electron chi connectivity index (χ3n) is 3.60. The van der Waals surface area contributed by atoms with Crippen molar-refractivity contribution >= 4 is 5.91 Å². The summed E-state index contributed by atoms with van der Waals surface area (Å²) in [7, 11) is 1.92. The van der Waals surface area contributed by atoms with E-state index in [1.807, 2.05) is 48.5 Å². The van der Waals surface area contributed by atoms with Gasteiger partial charge in [-0.05, 0) is 36.7 Å². The minimum Gasteiger partial charge on any atom is -0.348 e. The Kier molecular flexibility index (Phi) is 6.23. The van der Waals surface area contributed by atoms with Gasteiger partial charge in [0, 0.05) is 25.1 Å². The van der Waals surface area contributed by atoms with Crippen molar-refractivity contribution in [2.45, 2.75) is 26.4 Å². The fourth-order valence-corrected chi connectivity index (χ4v) is 2.48. The molecule has 5 heteroatoms. The number of carbonyl (C=O) groups is 1. The second-order valence-corrected chi connectivity index (χ2v) is 6.07. The molecule has 1 amide bonds. The van der Waals surface area contributed by atoms with Gasteiger partial charge in [-0.15, -0.1) is 0 Å². The molecule has 0 aliphatic carbocycles. The summed E-state index contributed by atoms with van der Waals surface area (Å²) in [6, 6.07) is 9.66. The molecule has 1 unspecified atom stereocenters. The van der Waals surface area contributed by atoms with Gasteiger partial charge < -0.3 is 5.32 Å². The Bertz CT molecular complexity index is 601. The van der Waals surface area contributed by atoms with Crippen molar-refractivity contribution in [2.24, 2.45) is 5.92 Å². The Morgan fingerprint density at radius 2 is 2.04 bits per heavy atom. The zero-order chi connectivity index (χ0) is 16.7. The van der Waals surface area contributed by atoms with Crippen LogP contribution in [0.1, 0.15) is 31.1 Å². The van der Waals surface area contributed by atoms with E-state index in [1.54, 1.807) is 12.4 Å². The Hall–Kier alpha value is -2.27. The second kappa shape index (κ2) is 8.39. The largest absolute Gasteiger partial charge is 0.348 e. The van der Waals surface area contributed by atoms with Gasteiger partial charge in [-0.2, -0.15) is 0 Å². The third kappa shape index (κ3) is 5.45. The van der Waals surface area contributed by atoms with E-state index in [1.165, 1.54) is 0 Å². The number of pyridine rings is 2. The first kappa shape index (κ1) is 17.1. The van der Waals surface area contributed by atoms with Crippen LogP contribution in [0.15, 0.2) is 48.9 Å². The van der Waals surface area contributed by atoms with Crippen LogP contribution in [-0.2, 0) is 11.3 Å². The summed E-state index contributed by atoms with van der Waals surface area (Å²) < 4.78 is 0. The first-order chi connectivity index (χ1) is 11.1. The number of carbonyl (C=O) groups excluding carboxylic acids is 1. The number of amides is 1. The van der Waals surface area contributed by atoms with Crippen LogP contribution in [0.3, 0.4) is 0 Å². The highest BCUT2D eigenvalue weighted by atomic mass is 16.2. The fourth-order valence-electron chi connectivity index (χ4n) is 2.48. The second-order valence-electron chi connectivity index (χ2n) is 6.07. The highest BCUT2D eigenvalue weighted by molar-refractivity contribution is 5.78. The van der Waals surface area contributed by atoms with Crippen molar-refractivity contribution in [2.75, 3.05) is 13.6 Å². The maximum absolute atomic E-state index is 12.3. The maximum Gasteiger partial charge on any atom is 0.234 e. The van der Waals surface area contributed by atoms with E-state index >= 15 is 0 Å². The van der Waals surface area contributed by atoms with Crippen LogP contribution in [0, 0.1) is 5.92 Å². The van der Waals surface area contributed by atoms with E-state index in [0.29, 0.717) is 19.0 Å². The smallest absolute Gasteiger partial charge is 0.234 e. The molecule has 2 heterocycles. The Morgan fingerprint density at radius 1 is 1.22 bits per heavy atom. The lowest BCUT2D eigenvalue weighted by atomic mass is 9.97. The third-order valence-corrected chi connectivity index (χ3v) is 3.60. The lowest BCUT2D eigenvalue weighted by Crippen LogP contribution is -2.38. The van der Waals surface area contributed by atoms with E-state index in [4.69, 9.17) is 0 Å². The molecular weight excluding hydrogens is 288 g/mol. The Balaban J connectivity index is 1.92. The van der Waals surface area contributed by atoms with Crippen molar-refractivity contribution in [3.63, 3.8) is 0 Å². The van der Waals surface area contributed by atoms with Crippen LogP contribution in [0.25, 0.3) is 0 Å². The van der Waals surface area contributed by atoms with Gasteiger partial charge >= 0.3 is 0 Å². The summed E-state index contributed by atoms with van der Waals surface area (Å²) in [5.41, 5.74) is 1.98. The van der Waals surface area contributed by atoms with Crippen LogP contribution < -0.4 is 5.32 Å². The summed E-state index contributed by atoms with van der Waals surface area (Å²) in [4.78, 5) is 22.7. The molecule has 0 spiro atoms. The van der Waals surface area contributed by atoms with E-state index in [2.05, 4.69) is 29.1 Å². The first-order valence-corrected chi connectivity index (χ1v) is 7.84. The molecule has 1 N–H and O–H groups in total. The van der Waals surface area contributed by atoms with E-state index < -0.39 is 0 Å². The number of hydrogen-bond acceptors (Lipinski definition) is 4. The molecule has 122 valence electrons. The number of hydrogen-bond donors (Lipinski definition) is 1. The molecule has 0 bridgehead atoms. The van der Waals surface area contributed by atoms with Crippen LogP contribution >= 0.6 is 0 Å². The predicted octanol–water partition coefficient (Wildman–Crippen LogP) is 2.42. The normalized spacial score (nSPS) is 12.4. The van der Waals surface area contributed by atoms with Gasteiger partial charge in [0.05, 0.1) is 18.3 Å². The van der Waals surface area contributed by atoms with E-state index in [0.717, 1.165) is 11.3 Å². The molecule has 0 aromatic carbocycles. The monoisotopic (exact) mass is 312 g/mol. The molecule has 0 radical (unpaired) electrons. The molecule has 0 saturated carbocycles. The van der Waals surface area contributed by atoms with Gasteiger partial charge in [-0.25, -0.2) is 0 Å². The summed E-state index contributed by atoms with van der Waals surface area (Å²) in [6.07, 6.45) is 5.31. The molecular formula is C18H24N4O. The highest BCUT2D eigenvalue weighted by Crippen LogP contribution is 2.20. The summed E-state index contributed by atoms with van der Waals surface area (Å²) in [6.45, 7) is 5.17. The molecule has 2 rings (SSSR count). The molecule has 0 saturated heterocycles. The topological polar surface area (TPSA) is 58.1 Å². The highest BCUT2D eigenvalue weighted by Gasteiger charge is 2.19. The molecule has 2 aromatic rings. The molecule has 0 aliphatic heterocycles. The van der Waals surface area contributed by atoms with Crippen LogP contribution in [0.4, 0.5) is 0 Å². The molecule has 0 aliphatic rings. The molecule has 23 heavy (non-hydrogen) atoms. The Morgan fingerprint density at radius 3 is 2.65 bits per heavy atom. The van der Waals surface area contributed by atoms with Crippen LogP contribution in [-0.4, -0.2) is 34.4 Å². The van der Waals surface area contributed by atoms with Crippen LogP contribution in [0.5, 0.6) is 0 Å². The molecule has 5 nitrogen and oxygen atoms in total. The standard InChI is InChI=1S/C18H24N4O/c1-14(2)18(15-7-6-9-19-11-15)21-17(23)13-22(3)12-16-8-4-5-10-20-16/h4-11,14,18H,12-13H2,1-3H3,(H,21,23). The van der Waals surface area contributed by atoms with Gasteiger partial charge in [-0.1, -0.05) is 26.0 Å². The average molecular weight is 312 g/mol. The molecule has 0 fully saturated rings. The number of nitrogens with zero attached hydrogens (tertiary/aromatic N) is 3. The van der Waals surface area contributed by atoms with Crippen molar-refractivity contribution in [3.05, 3.63) is 60.2 Å². The van der Waals surface area contributed by atoms with Gasteiger partial charge in [0.2, 0.25) is 5.91 Å². The lowest BCUT2D eigenvalue weighted by Gasteiger charge is -2.24. The number of likely N-dealkylation sites (N-methyl/N-ethyl adjacent to an activating group) is 1. The van der Waals surface area contributed by atoms with Crippen molar-refractivity contribution in [3.8, 4) is 0 Å². The van der Waals surface area contributed by atoms with Crippen molar-refractivity contribution in [1.82, 2.24) is 20.2 Å². The zero-order valence-electron chi connectivity index (χ0n) is 13.9. The number of rotatable bonds is 7. The minimum atomic E-state index is -0.0283. The molecule has 2 aromatic heterocycles. The quantitative estimate of drug-likeness (QED) is 0.853. The molecule has 1 atom stereocenters. The maximum atomic E-state index is 12.3. The first-order valence-electron chi connectivity index (χ1n) is 7.84. The average Bonchev–Trinajstić information content (AvgIpc) is 2.54. The van der Waals surface area contributed by atoms with Gasteiger partial charge in [0.1, 0.15) is 0 Å². The lowest BCUT2D eigenvalue weighted by molar-refractivity contribution is -0.123. The van der Waals surface area contributed by atoms with Crippen molar-refractivity contribution in [1.29, 1.82) is 0 Å². The van der Waals surface area contributed by atoms with Gasteiger partial charge in [0.25, 0.3) is 0 Å². The van der Waals surface area contributed by atoms with Crippen molar-refractivity contribution < 1.29 is 4.79 Å². The minimum absolute atomic E-state index is 0.00554. The number of aromatic nitrogens is 2. The summed E-state index contributed by atoms with van der Waals surface area (Å²) in [5, 5.41) is 3.11. The summed E-state index contributed by atoms with van der Waals surface area (Å²) in [5.74, 6) is 0.301. The van der Waals surface area contributed by atoms with Crippen LogP contribution in [0.2, 0.25) is 0 Å². The van der Waals surface area contributed by atoms with E-state index in [9.17, 15) is 4.79 Å². The SMILES string of the molecule is CC(C)C(NC(=O)CN(C)Cc1ccccn1)c1cccnc1.